The van der Waals surface area contributed by atoms with Gasteiger partial charge in [0.25, 0.3) is 0 Å². The van der Waals surface area contributed by atoms with E-state index in [4.69, 9.17) is 4.74 Å². The fourth-order valence-corrected chi connectivity index (χ4v) is 3.06. The molecular weight excluding hydrogens is 325 g/mol. The van der Waals surface area contributed by atoms with Crippen molar-refractivity contribution in [2.45, 2.75) is 89.5 Å². The van der Waals surface area contributed by atoms with E-state index in [0.717, 1.165) is 37.9 Å². The molecule has 0 N–H and O–H groups in total. The van der Waals surface area contributed by atoms with E-state index in [1.807, 2.05) is 13.8 Å². The maximum Gasteiger partial charge on any atom is 0.389 e. The lowest BCUT2D eigenvalue weighted by Crippen LogP contribution is -2.25. The molecule has 0 aliphatic heterocycles. The van der Waals surface area contributed by atoms with Crippen molar-refractivity contribution in [3.8, 4) is 0 Å². The van der Waals surface area contributed by atoms with E-state index >= 15 is 0 Å². The Kier molecular flexibility index (Phi) is 11.8. The van der Waals surface area contributed by atoms with Crippen LogP contribution in [0.15, 0.2) is 0 Å². The van der Waals surface area contributed by atoms with Crippen LogP contribution in [-0.2, 0) is 9.53 Å². The molecule has 0 aromatic carbocycles. The summed E-state index contributed by atoms with van der Waals surface area (Å²) in [4.78, 5) is 11.6. The molecule has 0 rings (SSSR count). The Hall–Kier alpha value is -0.390. The monoisotopic (exact) mass is 356 g/mol. The summed E-state index contributed by atoms with van der Waals surface area (Å²) in [5.41, 5.74) is 0. The van der Waals surface area contributed by atoms with Gasteiger partial charge in [0, 0.05) is 17.6 Å². The number of ether oxygens (including phenoxy) is 1. The highest BCUT2D eigenvalue weighted by molar-refractivity contribution is 8.00. The molecule has 0 atom stereocenters. The van der Waals surface area contributed by atoms with Crippen molar-refractivity contribution in [1.82, 2.24) is 0 Å². The standard InChI is InChI=1S/C17H31F3O2S/c1-4-5-8-11-15(21)22-14-16(2,3)23-13-10-7-6-9-12-17(18,19)20/h4-14H2,1-3H3. The van der Waals surface area contributed by atoms with Gasteiger partial charge in [-0.1, -0.05) is 32.6 Å². The third-order valence-electron chi connectivity index (χ3n) is 3.41. The Morgan fingerprint density at radius 1 is 1.00 bits per heavy atom. The van der Waals surface area contributed by atoms with Crippen LogP contribution < -0.4 is 0 Å². The van der Waals surface area contributed by atoms with E-state index in [2.05, 4.69) is 6.92 Å². The summed E-state index contributed by atoms with van der Waals surface area (Å²) in [5.74, 6) is 0.742. The average molecular weight is 356 g/mol. The lowest BCUT2D eigenvalue weighted by molar-refractivity contribution is -0.144. The van der Waals surface area contributed by atoms with Gasteiger partial charge in [0.1, 0.15) is 6.61 Å². The summed E-state index contributed by atoms with van der Waals surface area (Å²) in [6.45, 7) is 6.53. The number of rotatable bonds is 13. The molecule has 0 amide bonds. The summed E-state index contributed by atoms with van der Waals surface area (Å²) in [6, 6.07) is 0. The lowest BCUT2D eigenvalue weighted by atomic mass is 10.1. The van der Waals surface area contributed by atoms with Crippen molar-refractivity contribution >= 4 is 17.7 Å². The second kappa shape index (κ2) is 12.0. The molecule has 0 saturated carbocycles. The number of unbranched alkanes of at least 4 members (excludes halogenated alkanes) is 5. The van der Waals surface area contributed by atoms with Crippen LogP contribution in [-0.4, -0.2) is 29.3 Å². The molecular formula is C17H31F3O2S. The highest BCUT2D eigenvalue weighted by atomic mass is 32.2. The third-order valence-corrected chi connectivity index (χ3v) is 4.80. The predicted octanol–water partition coefficient (Wildman–Crippen LogP) is 6.13. The summed E-state index contributed by atoms with van der Waals surface area (Å²) in [5, 5.41) is 0. The first kappa shape index (κ1) is 22.6. The molecule has 0 bridgehead atoms. The molecule has 138 valence electrons. The average Bonchev–Trinajstić information content (AvgIpc) is 2.43. The van der Waals surface area contributed by atoms with Gasteiger partial charge in [-0.15, -0.1) is 0 Å². The van der Waals surface area contributed by atoms with E-state index in [1.165, 1.54) is 0 Å². The number of esters is 1. The van der Waals surface area contributed by atoms with Gasteiger partial charge in [-0.25, -0.2) is 0 Å². The minimum absolute atomic E-state index is 0.140. The Morgan fingerprint density at radius 2 is 1.65 bits per heavy atom. The minimum atomic E-state index is -4.03. The van der Waals surface area contributed by atoms with Crippen molar-refractivity contribution in [2.75, 3.05) is 12.4 Å². The molecule has 0 aliphatic rings. The van der Waals surface area contributed by atoms with Gasteiger partial charge >= 0.3 is 12.1 Å². The van der Waals surface area contributed by atoms with Crippen molar-refractivity contribution in [1.29, 1.82) is 0 Å². The Morgan fingerprint density at radius 3 is 2.26 bits per heavy atom. The lowest BCUT2D eigenvalue weighted by Gasteiger charge is -2.23. The number of carbonyl (C=O) groups excluding carboxylic acids is 1. The summed E-state index contributed by atoms with van der Waals surface area (Å²) in [6.07, 6.45) is 1.32. The second-order valence-corrected chi connectivity index (χ2v) is 8.31. The normalized spacial score (nSPS) is 12.4. The molecule has 6 heteroatoms. The molecule has 0 heterocycles. The Bertz CT molecular complexity index is 317. The molecule has 23 heavy (non-hydrogen) atoms. The van der Waals surface area contributed by atoms with Crippen molar-refractivity contribution in [3.63, 3.8) is 0 Å². The van der Waals surface area contributed by atoms with E-state index in [9.17, 15) is 18.0 Å². The quantitative estimate of drug-likeness (QED) is 0.293. The SMILES string of the molecule is CCCCCC(=O)OCC(C)(C)SCCCCCCC(F)(F)F. The van der Waals surface area contributed by atoms with Crippen molar-refractivity contribution in [3.05, 3.63) is 0 Å². The number of carbonyl (C=O) groups is 1. The highest BCUT2D eigenvalue weighted by Gasteiger charge is 2.25. The molecule has 0 unspecified atom stereocenters. The molecule has 0 spiro atoms. The predicted molar refractivity (Wildman–Crippen MR) is 90.8 cm³/mol. The van der Waals surface area contributed by atoms with Crippen molar-refractivity contribution in [2.24, 2.45) is 0 Å². The first-order valence-electron chi connectivity index (χ1n) is 8.52. The summed E-state index contributed by atoms with van der Waals surface area (Å²) >= 11 is 1.71. The highest BCUT2D eigenvalue weighted by Crippen LogP contribution is 2.27. The minimum Gasteiger partial charge on any atom is -0.464 e. The van der Waals surface area contributed by atoms with Crippen LogP contribution in [0.1, 0.15) is 78.6 Å². The van der Waals surface area contributed by atoms with Gasteiger partial charge in [0.05, 0.1) is 0 Å². The zero-order chi connectivity index (χ0) is 17.8. The Labute approximate surface area is 142 Å². The van der Waals surface area contributed by atoms with Crippen LogP contribution >= 0.6 is 11.8 Å². The van der Waals surface area contributed by atoms with Crippen LogP contribution in [0.25, 0.3) is 0 Å². The summed E-state index contributed by atoms with van der Waals surface area (Å²) < 4.78 is 41.1. The maximum atomic E-state index is 12.0. The van der Waals surface area contributed by atoms with E-state index in [0.29, 0.717) is 19.4 Å². The van der Waals surface area contributed by atoms with Gasteiger partial charge in [0.2, 0.25) is 0 Å². The molecule has 0 aromatic rings. The number of halogens is 3. The largest absolute Gasteiger partial charge is 0.464 e. The zero-order valence-corrected chi connectivity index (χ0v) is 15.5. The van der Waals surface area contributed by atoms with Gasteiger partial charge in [-0.05, 0) is 38.9 Å². The molecule has 0 aliphatic carbocycles. The molecule has 0 fully saturated rings. The first-order chi connectivity index (χ1) is 10.7. The van der Waals surface area contributed by atoms with Gasteiger partial charge < -0.3 is 4.74 Å². The molecule has 0 aromatic heterocycles. The Balaban J connectivity index is 3.62. The van der Waals surface area contributed by atoms with Crippen LogP contribution in [0.5, 0.6) is 0 Å². The number of alkyl halides is 3. The van der Waals surface area contributed by atoms with E-state index < -0.39 is 12.6 Å². The third kappa shape index (κ3) is 16.3. The topological polar surface area (TPSA) is 26.3 Å². The van der Waals surface area contributed by atoms with Gasteiger partial charge in [0.15, 0.2) is 0 Å². The van der Waals surface area contributed by atoms with E-state index in [1.54, 1.807) is 11.8 Å². The molecule has 0 saturated heterocycles. The van der Waals surface area contributed by atoms with Crippen molar-refractivity contribution < 1.29 is 22.7 Å². The first-order valence-corrected chi connectivity index (χ1v) is 9.51. The van der Waals surface area contributed by atoms with Gasteiger partial charge in [-0.3, -0.25) is 4.79 Å². The van der Waals surface area contributed by atoms with E-state index in [-0.39, 0.29) is 17.1 Å². The van der Waals surface area contributed by atoms with Crippen LogP contribution in [0.4, 0.5) is 13.2 Å². The fraction of sp³-hybridized carbons (Fsp3) is 0.941. The van der Waals surface area contributed by atoms with Crippen LogP contribution in [0.2, 0.25) is 0 Å². The maximum absolute atomic E-state index is 12.0. The number of thioether (sulfide) groups is 1. The molecule has 2 nitrogen and oxygen atoms in total. The second-order valence-electron chi connectivity index (χ2n) is 6.51. The van der Waals surface area contributed by atoms with Crippen LogP contribution in [0, 0.1) is 0 Å². The van der Waals surface area contributed by atoms with Gasteiger partial charge in [-0.2, -0.15) is 24.9 Å². The number of hydrogen-bond donors (Lipinski definition) is 0. The van der Waals surface area contributed by atoms with Crippen LogP contribution in [0.3, 0.4) is 0 Å². The zero-order valence-electron chi connectivity index (χ0n) is 14.6. The fourth-order valence-electron chi connectivity index (χ4n) is 2.02. The smallest absolute Gasteiger partial charge is 0.389 e. The molecule has 0 radical (unpaired) electrons. The number of hydrogen-bond acceptors (Lipinski definition) is 3. The summed E-state index contributed by atoms with van der Waals surface area (Å²) in [7, 11) is 0.